The number of carbonyl (C=O) groups is 3. The molecule has 27 heavy (non-hydrogen) atoms. The minimum atomic E-state index is -0.839. The van der Waals surface area contributed by atoms with Crippen LogP contribution < -0.4 is 5.32 Å². The van der Waals surface area contributed by atoms with Crippen LogP contribution in [0.5, 0.6) is 0 Å². The molecule has 0 spiro atoms. The van der Waals surface area contributed by atoms with Crippen molar-refractivity contribution in [3.05, 3.63) is 12.2 Å². The van der Waals surface area contributed by atoms with Crippen LogP contribution in [-0.2, 0) is 19.1 Å². The predicted octanol–water partition coefficient (Wildman–Crippen LogP) is 2.78. The average Bonchev–Trinajstić information content (AvgIpc) is 2.50. The minimum absolute atomic E-state index is 0.0353. The second-order valence-electron chi connectivity index (χ2n) is 7.57. The van der Waals surface area contributed by atoms with Crippen molar-refractivity contribution in [1.29, 1.82) is 0 Å². The summed E-state index contributed by atoms with van der Waals surface area (Å²) in [6, 6.07) is 0. The van der Waals surface area contributed by atoms with Gasteiger partial charge in [0, 0.05) is 19.9 Å². The maximum atomic E-state index is 12.2. The second-order valence-corrected chi connectivity index (χ2v) is 7.57. The number of guanidine groups is 1. The zero-order chi connectivity index (χ0) is 20.4. The molecule has 1 unspecified atom stereocenters. The molecule has 0 aromatic carbocycles. The third kappa shape index (κ3) is 10.4. The fourth-order valence-electron chi connectivity index (χ4n) is 2.30. The number of aliphatic imine (C=N–C) groups is 1. The van der Waals surface area contributed by atoms with Gasteiger partial charge in [-0.25, -0.2) is 4.79 Å². The summed E-state index contributed by atoms with van der Waals surface area (Å²) in [7, 11) is 1.55. The lowest BCUT2D eigenvalue weighted by Gasteiger charge is -2.22. The first-order valence-electron chi connectivity index (χ1n) is 9.24. The largest absolute Gasteiger partial charge is 0.461 e. The molecule has 0 bridgehead atoms. The lowest BCUT2D eigenvalue weighted by atomic mass is 10.1. The molecule has 8 nitrogen and oxygen atoms in total. The van der Waals surface area contributed by atoms with Crippen LogP contribution in [0.25, 0.3) is 0 Å². The quantitative estimate of drug-likeness (QED) is 0.512. The van der Waals surface area contributed by atoms with E-state index in [2.05, 4.69) is 10.3 Å². The van der Waals surface area contributed by atoms with E-state index in [1.165, 1.54) is 4.90 Å². The topological polar surface area (TPSA) is 97.3 Å². The number of nitrogens with one attached hydrogen (secondary N) is 1. The van der Waals surface area contributed by atoms with Crippen molar-refractivity contribution in [2.45, 2.75) is 71.5 Å². The van der Waals surface area contributed by atoms with Crippen molar-refractivity contribution < 1.29 is 23.9 Å². The number of amides is 2. The Bertz CT molecular complexity index is 593. The number of carbonyl (C=O) groups excluding carboxylic acids is 3. The molecule has 1 aliphatic heterocycles. The number of nitrogens with zero attached hydrogens (tertiary/aromatic N) is 2. The van der Waals surface area contributed by atoms with Gasteiger partial charge in [0.25, 0.3) is 0 Å². The molecule has 0 aromatic heterocycles. The monoisotopic (exact) mass is 381 g/mol. The van der Waals surface area contributed by atoms with E-state index in [9.17, 15) is 14.4 Å². The molecular weight excluding hydrogens is 350 g/mol. The Morgan fingerprint density at radius 3 is 2.67 bits per heavy atom. The normalized spacial score (nSPS) is 23.7. The van der Waals surface area contributed by atoms with Gasteiger partial charge in [-0.2, -0.15) is 0 Å². The molecule has 1 heterocycles. The van der Waals surface area contributed by atoms with Gasteiger partial charge in [0.1, 0.15) is 18.2 Å². The molecule has 0 fully saturated rings. The fraction of sp³-hybridized carbons (Fsp3) is 0.684. The zero-order valence-corrected chi connectivity index (χ0v) is 16.9. The summed E-state index contributed by atoms with van der Waals surface area (Å²) < 4.78 is 10.5. The number of rotatable bonds is 0. The summed E-state index contributed by atoms with van der Waals surface area (Å²) in [5.41, 5.74) is -0.717. The summed E-state index contributed by atoms with van der Waals surface area (Å²) in [4.78, 5) is 41.5. The Labute approximate surface area is 161 Å². The van der Waals surface area contributed by atoms with Crippen molar-refractivity contribution in [2.75, 3.05) is 13.6 Å². The predicted molar refractivity (Wildman–Crippen MR) is 102 cm³/mol. The smallest absolute Gasteiger partial charge is 0.437 e. The highest BCUT2D eigenvalue weighted by atomic mass is 16.6. The number of allylic oxidation sites excluding steroid dienone is 1. The lowest BCUT2D eigenvalue weighted by Crippen LogP contribution is -2.45. The van der Waals surface area contributed by atoms with E-state index in [4.69, 9.17) is 9.47 Å². The van der Waals surface area contributed by atoms with Gasteiger partial charge in [0.2, 0.25) is 11.9 Å². The molecular formula is C19H31N3O5. The Kier molecular flexibility index (Phi) is 8.97. The molecule has 2 amide bonds. The summed E-state index contributed by atoms with van der Waals surface area (Å²) in [5.74, 6) is -0.781. The maximum Gasteiger partial charge on any atom is 0.437 e. The molecule has 0 aliphatic carbocycles. The molecule has 0 radical (unpaired) electrons. The standard InChI is InChI=1S/C19H31N3O5/c1-14-11-9-7-6-8-10-12-15(23)20-17(22(5)13-16(24)26-14)21-18(25)27-19(2,3)4/h7,9,14H,6,8,10-13H2,1-5H3,(H,20,21,23,25)/b9-7+. The first-order chi connectivity index (χ1) is 12.6. The number of hydrogen-bond donors (Lipinski definition) is 1. The van der Waals surface area contributed by atoms with Crippen LogP contribution in [0.3, 0.4) is 0 Å². The van der Waals surface area contributed by atoms with Gasteiger partial charge in [-0.15, -0.1) is 4.99 Å². The molecule has 1 N–H and O–H groups in total. The highest BCUT2D eigenvalue weighted by Gasteiger charge is 2.21. The van der Waals surface area contributed by atoms with Crippen molar-refractivity contribution in [1.82, 2.24) is 10.2 Å². The van der Waals surface area contributed by atoms with Gasteiger partial charge in [-0.05, 0) is 47.0 Å². The van der Waals surface area contributed by atoms with Crippen LogP contribution in [0.15, 0.2) is 17.1 Å². The van der Waals surface area contributed by atoms with E-state index in [1.54, 1.807) is 27.8 Å². The van der Waals surface area contributed by atoms with Gasteiger partial charge >= 0.3 is 12.1 Å². The van der Waals surface area contributed by atoms with E-state index < -0.39 is 17.7 Å². The minimum Gasteiger partial charge on any atom is -0.461 e. The third-order valence-electron chi connectivity index (χ3n) is 3.56. The number of hydrogen-bond acceptors (Lipinski definition) is 5. The van der Waals surface area contributed by atoms with Crippen LogP contribution in [0.4, 0.5) is 4.79 Å². The van der Waals surface area contributed by atoms with Gasteiger partial charge in [-0.1, -0.05) is 12.2 Å². The summed E-state index contributed by atoms with van der Waals surface area (Å²) in [5, 5.41) is 2.60. The van der Waals surface area contributed by atoms with E-state index in [0.29, 0.717) is 19.3 Å². The number of cyclic esters (lactones) is 1. The van der Waals surface area contributed by atoms with Crippen molar-refractivity contribution in [3.63, 3.8) is 0 Å². The van der Waals surface area contributed by atoms with Gasteiger partial charge in [-0.3, -0.25) is 14.9 Å². The molecule has 1 aliphatic rings. The zero-order valence-electron chi connectivity index (χ0n) is 16.9. The maximum absolute atomic E-state index is 12.2. The van der Waals surface area contributed by atoms with E-state index in [1.807, 2.05) is 19.1 Å². The highest BCUT2D eigenvalue weighted by molar-refractivity contribution is 6.01. The van der Waals surface area contributed by atoms with Crippen molar-refractivity contribution in [2.24, 2.45) is 4.99 Å². The first-order valence-corrected chi connectivity index (χ1v) is 9.24. The molecule has 1 rings (SSSR count). The van der Waals surface area contributed by atoms with Crippen molar-refractivity contribution >= 4 is 23.9 Å². The third-order valence-corrected chi connectivity index (χ3v) is 3.56. The van der Waals surface area contributed by atoms with Gasteiger partial charge in [0.05, 0.1) is 0 Å². The number of ether oxygens (including phenoxy) is 2. The van der Waals surface area contributed by atoms with E-state index in [0.717, 1.165) is 12.8 Å². The second kappa shape index (κ2) is 10.7. The van der Waals surface area contributed by atoms with Crippen LogP contribution in [0.2, 0.25) is 0 Å². The Hall–Kier alpha value is -2.38. The number of likely N-dealkylation sites (N-methyl/N-ethyl adjacent to an activating group) is 1. The Morgan fingerprint density at radius 1 is 1.30 bits per heavy atom. The lowest BCUT2D eigenvalue weighted by molar-refractivity contribution is -0.148. The first kappa shape index (κ1) is 22.7. The highest BCUT2D eigenvalue weighted by Crippen LogP contribution is 2.09. The molecule has 0 saturated carbocycles. The van der Waals surface area contributed by atoms with Crippen LogP contribution in [0.1, 0.15) is 59.8 Å². The molecule has 8 heteroatoms. The van der Waals surface area contributed by atoms with Gasteiger partial charge < -0.3 is 14.4 Å². The average molecular weight is 381 g/mol. The van der Waals surface area contributed by atoms with Crippen LogP contribution in [-0.4, -0.2) is 54.1 Å². The Morgan fingerprint density at radius 2 is 2.00 bits per heavy atom. The molecule has 1 atom stereocenters. The number of esters is 1. The van der Waals surface area contributed by atoms with Crippen LogP contribution >= 0.6 is 0 Å². The Balaban J connectivity index is 2.95. The molecule has 152 valence electrons. The van der Waals surface area contributed by atoms with Crippen LogP contribution in [0, 0.1) is 0 Å². The van der Waals surface area contributed by atoms with E-state index >= 15 is 0 Å². The van der Waals surface area contributed by atoms with E-state index in [-0.39, 0.29) is 24.5 Å². The van der Waals surface area contributed by atoms with Crippen molar-refractivity contribution in [3.8, 4) is 0 Å². The molecule has 0 saturated heterocycles. The summed E-state index contributed by atoms with van der Waals surface area (Å²) in [6.45, 7) is 6.82. The van der Waals surface area contributed by atoms with Gasteiger partial charge in [0.15, 0.2) is 0 Å². The molecule has 0 aromatic rings. The summed E-state index contributed by atoms with van der Waals surface area (Å²) in [6.07, 6.45) is 6.28. The SMILES string of the molecule is CC1C/C=C/CCCCC(=O)NC(=NC(=O)OC(C)(C)C)N(C)CC(=O)O1. The fourth-order valence-corrected chi connectivity index (χ4v) is 2.30. The summed E-state index contributed by atoms with van der Waals surface area (Å²) >= 11 is 0.